The van der Waals surface area contributed by atoms with Crippen molar-refractivity contribution in [3.05, 3.63) is 0 Å². The van der Waals surface area contributed by atoms with Crippen molar-refractivity contribution in [2.75, 3.05) is 33.5 Å². The van der Waals surface area contributed by atoms with Crippen molar-refractivity contribution in [3.8, 4) is 0 Å². The molecule has 0 aromatic heterocycles. The van der Waals surface area contributed by atoms with Crippen LogP contribution in [0.2, 0.25) is 0 Å². The van der Waals surface area contributed by atoms with Gasteiger partial charge in [-0.05, 0) is 12.8 Å². The summed E-state index contributed by atoms with van der Waals surface area (Å²) in [6, 6.07) is -1.33. The average Bonchev–Trinajstić information content (AvgIpc) is 2.38. The number of hydrogen-bond acceptors (Lipinski definition) is 5. The highest BCUT2D eigenvalue weighted by Gasteiger charge is 2.33. The number of ether oxygens (including phenoxy) is 2. The number of methoxy groups -OCH3 is 1. The number of carbonyl (C=O) groups excluding carboxylic acids is 2. The molecule has 0 spiro atoms. The first kappa shape index (κ1) is 14.9. The quantitative estimate of drug-likeness (QED) is 0.562. The highest BCUT2D eigenvalue weighted by molar-refractivity contribution is 5.89. The fourth-order valence-corrected chi connectivity index (χ4v) is 1.89. The van der Waals surface area contributed by atoms with Crippen molar-refractivity contribution in [3.63, 3.8) is 0 Å². The minimum atomic E-state index is -0.709. The predicted molar refractivity (Wildman–Crippen MR) is 64.6 cm³/mol. The van der Waals surface area contributed by atoms with E-state index < -0.39 is 18.0 Å². The maximum Gasteiger partial charge on any atom is 0.242 e. The molecule has 7 heteroatoms. The van der Waals surface area contributed by atoms with Gasteiger partial charge in [0.1, 0.15) is 6.04 Å². The lowest BCUT2D eigenvalue weighted by Gasteiger charge is -2.35. The summed E-state index contributed by atoms with van der Waals surface area (Å²) in [6.45, 7) is 1.46. The van der Waals surface area contributed by atoms with E-state index in [1.807, 2.05) is 0 Å². The molecule has 1 aliphatic rings. The third kappa shape index (κ3) is 3.94. The van der Waals surface area contributed by atoms with Crippen LogP contribution in [0.5, 0.6) is 0 Å². The zero-order chi connectivity index (χ0) is 13.5. The van der Waals surface area contributed by atoms with Crippen LogP contribution < -0.4 is 11.5 Å². The Morgan fingerprint density at radius 1 is 1.56 bits per heavy atom. The Morgan fingerprint density at radius 2 is 2.28 bits per heavy atom. The van der Waals surface area contributed by atoms with Crippen LogP contribution in [0.1, 0.15) is 12.8 Å². The molecule has 104 valence electrons. The highest BCUT2D eigenvalue weighted by Crippen LogP contribution is 2.10. The van der Waals surface area contributed by atoms with Gasteiger partial charge in [0, 0.05) is 20.3 Å². The van der Waals surface area contributed by atoms with Gasteiger partial charge < -0.3 is 25.8 Å². The summed E-state index contributed by atoms with van der Waals surface area (Å²) < 4.78 is 10.0. The Labute approximate surface area is 106 Å². The lowest BCUT2D eigenvalue weighted by Crippen LogP contribution is -2.58. The number of carbonyl (C=O) groups is 2. The minimum absolute atomic E-state index is 0.145. The van der Waals surface area contributed by atoms with Crippen molar-refractivity contribution in [1.29, 1.82) is 0 Å². The van der Waals surface area contributed by atoms with Crippen LogP contribution in [0.4, 0.5) is 0 Å². The molecule has 1 fully saturated rings. The maximum atomic E-state index is 12.1. The van der Waals surface area contributed by atoms with Crippen LogP contribution in [0, 0.1) is 0 Å². The van der Waals surface area contributed by atoms with Crippen molar-refractivity contribution in [1.82, 2.24) is 4.90 Å². The lowest BCUT2D eigenvalue weighted by molar-refractivity contribution is -0.148. The summed E-state index contributed by atoms with van der Waals surface area (Å²) in [5, 5.41) is 0. The van der Waals surface area contributed by atoms with Crippen LogP contribution in [-0.2, 0) is 19.1 Å². The van der Waals surface area contributed by atoms with E-state index in [1.54, 1.807) is 7.11 Å². The van der Waals surface area contributed by atoms with E-state index in [-0.39, 0.29) is 12.5 Å². The Morgan fingerprint density at radius 3 is 2.89 bits per heavy atom. The van der Waals surface area contributed by atoms with Gasteiger partial charge in [0.15, 0.2) is 0 Å². The second-order valence-electron chi connectivity index (χ2n) is 4.27. The molecule has 0 aromatic rings. The second-order valence-corrected chi connectivity index (χ2v) is 4.27. The van der Waals surface area contributed by atoms with Gasteiger partial charge in [0.25, 0.3) is 0 Å². The average molecular weight is 259 g/mol. The smallest absolute Gasteiger partial charge is 0.242 e. The number of nitrogens with two attached hydrogens (primary N) is 2. The summed E-state index contributed by atoms with van der Waals surface area (Å²) in [5.74, 6) is -0.814. The van der Waals surface area contributed by atoms with Gasteiger partial charge >= 0.3 is 0 Å². The summed E-state index contributed by atoms with van der Waals surface area (Å²) in [7, 11) is 1.60. The van der Waals surface area contributed by atoms with Gasteiger partial charge in [-0.1, -0.05) is 0 Å². The first-order valence-corrected chi connectivity index (χ1v) is 6.00. The van der Waals surface area contributed by atoms with E-state index in [1.165, 1.54) is 4.90 Å². The summed E-state index contributed by atoms with van der Waals surface area (Å²) >= 11 is 0. The van der Waals surface area contributed by atoms with Crippen LogP contribution in [0.3, 0.4) is 0 Å². The number of rotatable bonds is 6. The standard InChI is InChI=1S/C11H21N3O4/c1-17-5-2-3-8(12)11(16)14-4-6-18-7-9(14)10(13)15/h8-9H,2-7,12H2,1H3,(H2,13,15). The van der Waals surface area contributed by atoms with Gasteiger partial charge in [-0.25, -0.2) is 0 Å². The normalized spacial score (nSPS) is 21.7. The molecule has 1 saturated heterocycles. The number of morpholine rings is 1. The van der Waals surface area contributed by atoms with Crippen LogP contribution in [0.15, 0.2) is 0 Å². The fourth-order valence-electron chi connectivity index (χ4n) is 1.89. The summed E-state index contributed by atoms with van der Waals surface area (Å²) in [6.07, 6.45) is 1.23. The molecule has 0 saturated carbocycles. The largest absolute Gasteiger partial charge is 0.385 e. The molecule has 0 aliphatic carbocycles. The van der Waals surface area contributed by atoms with E-state index in [0.717, 1.165) is 0 Å². The van der Waals surface area contributed by atoms with Gasteiger partial charge in [0.05, 0.1) is 19.3 Å². The van der Waals surface area contributed by atoms with E-state index in [9.17, 15) is 9.59 Å². The highest BCUT2D eigenvalue weighted by atomic mass is 16.5. The number of nitrogens with zero attached hydrogens (tertiary/aromatic N) is 1. The van der Waals surface area contributed by atoms with Crippen molar-refractivity contribution in [2.24, 2.45) is 11.5 Å². The summed E-state index contributed by atoms with van der Waals surface area (Å²) in [5.41, 5.74) is 11.1. The molecular weight excluding hydrogens is 238 g/mol. The molecule has 1 aliphatic heterocycles. The molecule has 1 heterocycles. The molecule has 18 heavy (non-hydrogen) atoms. The van der Waals surface area contributed by atoms with E-state index in [0.29, 0.717) is 32.6 Å². The minimum Gasteiger partial charge on any atom is -0.385 e. The van der Waals surface area contributed by atoms with E-state index in [4.69, 9.17) is 20.9 Å². The van der Waals surface area contributed by atoms with Crippen LogP contribution in [-0.4, -0.2) is 62.3 Å². The number of primary amides is 1. The Kier molecular flexibility index (Phi) is 6.03. The van der Waals surface area contributed by atoms with Gasteiger partial charge in [-0.2, -0.15) is 0 Å². The summed E-state index contributed by atoms with van der Waals surface area (Å²) in [4.78, 5) is 24.8. The molecule has 0 radical (unpaired) electrons. The fraction of sp³-hybridized carbons (Fsp3) is 0.818. The monoisotopic (exact) mass is 259 g/mol. The lowest BCUT2D eigenvalue weighted by atomic mass is 10.1. The van der Waals surface area contributed by atoms with E-state index in [2.05, 4.69) is 0 Å². The third-order valence-corrected chi connectivity index (χ3v) is 2.92. The zero-order valence-electron chi connectivity index (χ0n) is 10.6. The second kappa shape index (κ2) is 7.30. The van der Waals surface area contributed by atoms with Crippen molar-refractivity contribution >= 4 is 11.8 Å². The first-order valence-electron chi connectivity index (χ1n) is 6.00. The molecule has 7 nitrogen and oxygen atoms in total. The Bertz CT molecular complexity index is 298. The van der Waals surface area contributed by atoms with Crippen molar-refractivity contribution in [2.45, 2.75) is 24.9 Å². The molecule has 0 bridgehead atoms. The topological polar surface area (TPSA) is 108 Å². The van der Waals surface area contributed by atoms with Gasteiger partial charge in [0.2, 0.25) is 11.8 Å². The van der Waals surface area contributed by atoms with Crippen LogP contribution >= 0.6 is 0 Å². The number of hydrogen-bond donors (Lipinski definition) is 2. The number of amides is 2. The Balaban J connectivity index is 2.54. The molecule has 2 unspecified atom stereocenters. The molecule has 1 rings (SSSR count). The SMILES string of the molecule is COCCCC(N)C(=O)N1CCOCC1C(N)=O. The van der Waals surface area contributed by atoms with Crippen LogP contribution in [0.25, 0.3) is 0 Å². The molecule has 2 amide bonds. The van der Waals surface area contributed by atoms with E-state index >= 15 is 0 Å². The van der Waals surface area contributed by atoms with Gasteiger partial charge in [-0.3, -0.25) is 9.59 Å². The molecule has 2 atom stereocenters. The maximum absolute atomic E-state index is 12.1. The predicted octanol–water partition coefficient (Wildman–Crippen LogP) is -1.55. The molecule has 0 aromatic carbocycles. The molecule has 4 N–H and O–H groups in total. The molecular formula is C11H21N3O4. The zero-order valence-corrected chi connectivity index (χ0v) is 10.6. The third-order valence-electron chi connectivity index (χ3n) is 2.92. The first-order chi connectivity index (χ1) is 8.57. The van der Waals surface area contributed by atoms with Crippen molar-refractivity contribution < 1.29 is 19.1 Å². The Hall–Kier alpha value is -1.18. The van der Waals surface area contributed by atoms with Gasteiger partial charge in [-0.15, -0.1) is 0 Å².